The van der Waals surface area contributed by atoms with Gasteiger partial charge in [0, 0.05) is 12.2 Å². The number of hydrogen-bond acceptors (Lipinski definition) is 2. The summed E-state index contributed by atoms with van der Waals surface area (Å²) in [7, 11) is 0. The molecule has 0 bridgehead atoms. The molecule has 0 aliphatic rings. The Kier molecular flexibility index (Phi) is 3.24. The zero-order chi connectivity index (χ0) is 12.4. The molecule has 17 heavy (non-hydrogen) atoms. The van der Waals surface area contributed by atoms with Crippen molar-refractivity contribution in [1.29, 1.82) is 0 Å². The highest BCUT2D eigenvalue weighted by molar-refractivity contribution is 5.23. The summed E-state index contributed by atoms with van der Waals surface area (Å²) in [4.78, 5) is 0. The Hall–Kier alpha value is -1.68. The maximum absolute atomic E-state index is 13.2. The molecule has 0 fully saturated rings. The van der Waals surface area contributed by atoms with Crippen LogP contribution < -0.4 is 5.73 Å². The summed E-state index contributed by atoms with van der Waals surface area (Å²) < 4.78 is 15.1. The van der Waals surface area contributed by atoms with Gasteiger partial charge in [0.2, 0.25) is 0 Å². The van der Waals surface area contributed by atoms with Crippen molar-refractivity contribution in [2.75, 3.05) is 6.54 Å². The molecule has 0 radical (unpaired) electrons. The molecule has 1 unspecified atom stereocenters. The summed E-state index contributed by atoms with van der Waals surface area (Å²) in [6.07, 6.45) is 0. The maximum atomic E-state index is 13.2. The summed E-state index contributed by atoms with van der Waals surface area (Å²) in [5, 5.41) is 4.40. The molecule has 2 aromatic rings. The second-order valence-corrected chi connectivity index (χ2v) is 4.18. The Morgan fingerprint density at radius 1 is 1.35 bits per heavy atom. The largest absolute Gasteiger partial charge is 0.328 e. The average Bonchev–Trinajstić information content (AvgIpc) is 2.59. The van der Waals surface area contributed by atoms with Crippen LogP contribution in [0.3, 0.4) is 0 Å². The van der Waals surface area contributed by atoms with Gasteiger partial charge in [-0.2, -0.15) is 5.10 Å². The van der Waals surface area contributed by atoms with Crippen LogP contribution >= 0.6 is 0 Å². The van der Waals surface area contributed by atoms with Crippen LogP contribution in [0, 0.1) is 19.7 Å². The van der Waals surface area contributed by atoms with Gasteiger partial charge >= 0.3 is 0 Å². The average molecular weight is 233 g/mol. The second kappa shape index (κ2) is 4.67. The molecule has 1 heterocycles. The van der Waals surface area contributed by atoms with E-state index < -0.39 is 0 Å². The van der Waals surface area contributed by atoms with Gasteiger partial charge in [0.05, 0.1) is 11.7 Å². The topological polar surface area (TPSA) is 43.8 Å². The molecule has 0 saturated carbocycles. The van der Waals surface area contributed by atoms with Crippen molar-refractivity contribution in [2.24, 2.45) is 5.73 Å². The normalized spacial score (nSPS) is 12.7. The van der Waals surface area contributed by atoms with E-state index in [4.69, 9.17) is 5.73 Å². The number of aryl methyl sites for hydroxylation is 2. The summed E-state index contributed by atoms with van der Waals surface area (Å²) in [6.45, 7) is 4.30. The van der Waals surface area contributed by atoms with Crippen molar-refractivity contribution < 1.29 is 4.39 Å². The first-order chi connectivity index (χ1) is 8.11. The third-order valence-corrected chi connectivity index (χ3v) is 2.80. The molecule has 0 amide bonds. The fraction of sp³-hybridized carbons (Fsp3) is 0.308. The number of hydrogen-bond donors (Lipinski definition) is 1. The Labute approximate surface area is 100 Å². The Balaban J connectivity index is 2.43. The zero-order valence-corrected chi connectivity index (χ0v) is 10.0. The van der Waals surface area contributed by atoms with Crippen LogP contribution in [-0.2, 0) is 0 Å². The summed E-state index contributed by atoms with van der Waals surface area (Å²) in [6, 6.07) is 8.38. The van der Waals surface area contributed by atoms with Crippen LogP contribution in [0.25, 0.3) is 0 Å². The first-order valence-electron chi connectivity index (χ1n) is 5.60. The Morgan fingerprint density at radius 2 is 2.12 bits per heavy atom. The van der Waals surface area contributed by atoms with E-state index in [9.17, 15) is 4.39 Å². The van der Waals surface area contributed by atoms with Gasteiger partial charge in [-0.25, -0.2) is 4.39 Å². The molecule has 3 nitrogen and oxygen atoms in total. The van der Waals surface area contributed by atoms with E-state index in [2.05, 4.69) is 5.10 Å². The van der Waals surface area contributed by atoms with Crippen molar-refractivity contribution >= 4 is 0 Å². The summed E-state index contributed by atoms with van der Waals surface area (Å²) in [5.74, 6) is -0.248. The van der Waals surface area contributed by atoms with Crippen molar-refractivity contribution in [2.45, 2.75) is 19.9 Å². The smallest absolute Gasteiger partial charge is 0.123 e. The van der Waals surface area contributed by atoms with Crippen LogP contribution in [0.1, 0.15) is 23.0 Å². The van der Waals surface area contributed by atoms with Gasteiger partial charge in [0.25, 0.3) is 0 Å². The molecule has 1 aromatic carbocycles. The number of nitrogens with zero attached hydrogens (tertiary/aromatic N) is 2. The van der Waals surface area contributed by atoms with Gasteiger partial charge in [-0.1, -0.05) is 12.1 Å². The van der Waals surface area contributed by atoms with E-state index in [1.807, 2.05) is 30.7 Å². The molecule has 0 aliphatic heterocycles. The van der Waals surface area contributed by atoms with Gasteiger partial charge in [0.1, 0.15) is 5.82 Å². The Morgan fingerprint density at radius 3 is 2.65 bits per heavy atom. The molecular formula is C13H16FN3. The van der Waals surface area contributed by atoms with Crippen molar-refractivity contribution in [3.63, 3.8) is 0 Å². The lowest BCUT2D eigenvalue weighted by Gasteiger charge is -2.17. The molecule has 2 rings (SSSR count). The molecule has 1 atom stereocenters. The van der Waals surface area contributed by atoms with E-state index in [1.54, 1.807) is 6.07 Å². The number of benzene rings is 1. The zero-order valence-electron chi connectivity index (χ0n) is 10.0. The van der Waals surface area contributed by atoms with Crippen LogP contribution in [0.5, 0.6) is 0 Å². The maximum Gasteiger partial charge on any atom is 0.123 e. The predicted molar refractivity (Wildman–Crippen MR) is 65.3 cm³/mol. The second-order valence-electron chi connectivity index (χ2n) is 4.18. The number of rotatable bonds is 3. The van der Waals surface area contributed by atoms with Gasteiger partial charge in [-0.05, 0) is 37.6 Å². The van der Waals surface area contributed by atoms with E-state index in [-0.39, 0.29) is 11.9 Å². The van der Waals surface area contributed by atoms with Gasteiger partial charge < -0.3 is 5.73 Å². The lowest BCUT2D eigenvalue weighted by Crippen LogP contribution is -2.22. The lowest BCUT2D eigenvalue weighted by molar-refractivity contribution is 0.512. The minimum atomic E-state index is -0.248. The Bertz CT molecular complexity index is 519. The monoisotopic (exact) mass is 233 g/mol. The van der Waals surface area contributed by atoms with Crippen molar-refractivity contribution in [3.8, 4) is 0 Å². The molecule has 0 aliphatic carbocycles. The third-order valence-electron chi connectivity index (χ3n) is 2.80. The van der Waals surface area contributed by atoms with Crippen LogP contribution in [-0.4, -0.2) is 16.3 Å². The minimum Gasteiger partial charge on any atom is -0.328 e. The predicted octanol–water partition coefficient (Wildman–Crippen LogP) is 2.19. The number of nitrogens with two attached hydrogens (primary N) is 1. The van der Waals surface area contributed by atoms with Crippen LogP contribution in [0.15, 0.2) is 30.3 Å². The quantitative estimate of drug-likeness (QED) is 0.883. The molecule has 4 heteroatoms. The van der Waals surface area contributed by atoms with E-state index in [1.165, 1.54) is 12.1 Å². The minimum absolute atomic E-state index is 0.112. The molecule has 2 N–H and O–H groups in total. The van der Waals surface area contributed by atoms with Crippen molar-refractivity contribution in [1.82, 2.24) is 9.78 Å². The highest BCUT2D eigenvalue weighted by Crippen LogP contribution is 2.19. The fourth-order valence-corrected chi connectivity index (χ4v) is 2.05. The third kappa shape index (κ3) is 2.36. The van der Waals surface area contributed by atoms with Gasteiger partial charge in [-0.3, -0.25) is 4.68 Å². The highest BCUT2D eigenvalue weighted by Gasteiger charge is 2.15. The standard InChI is InChI=1S/C13H16FN3/c1-9-6-10(2)17(16-9)13(8-15)11-4-3-5-12(14)7-11/h3-7,13H,8,15H2,1-2H3. The number of halogens is 1. The fourth-order valence-electron chi connectivity index (χ4n) is 2.05. The molecule has 90 valence electrons. The van der Waals surface area contributed by atoms with Crippen LogP contribution in [0.4, 0.5) is 4.39 Å². The summed E-state index contributed by atoms with van der Waals surface area (Å²) in [5.41, 5.74) is 8.60. The van der Waals surface area contributed by atoms with Gasteiger partial charge in [-0.15, -0.1) is 0 Å². The first-order valence-corrected chi connectivity index (χ1v) is 5.60. The summed E-state index contributed by atoms with van der Waals surface area (Å²) >= 11 is 0. The molecule has 0 spiro atoms. The lowest BCUT2D eigenvalue weighted by atomic mass is 10.1. The van der Waals surface area contributed by atoms with Gasteiger partial charge in [0.15, 0.2) is 0 Å². The highest BCUT2D eigenvalue weighted by atomic mass is 19.1. The molecular weight excluding hydrogens is 217 g/mol. The van der Waals surface area contributed by atoms with Crippen LogP contribution in [0.2, 0.25) is 0 Å². The van der Waals surface area contributed by atoms with E-state index in [0.717, 1.165) is 17.0 Å². The first kappa shape index (κ1) is 11.8. The SMILES string of the molecule is Cc1cc(C)n(C(CN)c2cccc(F)c2)n1. The molecule has 0 saturated heterocycles. The van der Waals surface area contributed by atoms with E-state index >= 15 is 0 Å². The number of aromatic nitrogens is 2. The van der Waals surface area contributed by atoms with E-state index in [0.29, 0.717) is 6.54 Å². The van der Waals surface area contributed by atoms with Crippen molar-refractivity contribution in [3.05, 3.63) is 53.1 Å². The molecule has 1 aromatic heterocycles.